The molecule has 1 rings (SSSR count). The van der Waals surface area contributed by atoms with Crippen LogP contribution in [-0.2, 0) is 0 Å². The zero-order valence-corrected chi connectivity index (χ0v) is 5.66. The van der Waals surface area contributed by atoms with Crippen LogP contribution < -0.4 is 0 Å². The number of rotatable bonds is 0. The first-order valence-electron chi connectivity index (χ1n) is 3.09. The molecule has 1 aliphatic rings. The quantitative estimate of drug-likeness (QED) is 0.522. The fourth-order valence-electron chi connectivity index (χ4n) is 0.858. The molecule has 0 aromatic carbocycles. The number of alkyl halides is 1. The number of allylic oxidation sites excluding steroid dienone is 4. The van der Waals surface area contributed by atoms with Crippen molar-refractivity contribution in [2.45, 2.75) is 5.67 Å². The average molecular weight is 148 g/mol. The minimum atomic E-state index is -2.14. The molecule has 54 valence electrons. The van der Waals surface area contributed by atoms with Crippen LogP contribution in [0.4, 0.5) is 4.39 Å². The standard InChI is InChI=1S/C8H5FN2/c9-8(6-11)4-2-1-3-7(8)5-10/h1-4,7H. The Labute approximate surface area is 63.9 Å². The molecule has 0 spiro atoms. The highest BCUT2D eigenvalue weighted by Crippen LogP contribution is 2.27. The SMILES string of the molecule is N#CC1C=CC=CC1(F)C#N. The molecule has 0 radical (unpaired) electrons. The molecule has 2 nitrogen and oxygen atoms in total. The summed E-state index contributed by atoms with van der Waals surface area (Å²) in [6, 6.07) is 3.16. The van der Waals surface area contributed by atoms with E-state index in [9.17, 15) is 4.39 Å². The molecule has 2 unspecified atom stereocenters. The second-order valence-corrected chi connectivity index (χ2v) is 2.23. The first-order chi connectivity index (χ1) is 5.23. The Kier molecular flexibility index (Phi) is 1.74. The Morgan fingerprint density at radius 1 is 1.36 bits per heavy atom. The van der Waals surface area contributed by atoms with Gasteiger partial charge in [-0.05, 0) is 6.08 Å². The molecule has 0 aliphatic heterocycles. The van der Waals surface area contributed by atoms with Gasteiger partial charge in [0.1, 0.15) is 12.0 Å². The molecular formula is C8H5FN2. The molecule has 0 aromatic heterocycles. The maximum Gasteiger partial charge on any atom is 0.233 e. The maximum absolute atomic E-state index is 13.2. The zero-order valence-electron chi connectivity index (χ0n) is 5.66. The summed E-state index contributed by atoms with van der Waals surface area (Å²) >= 11 is 0. The summed E-state index contributed by atoms with van der Waals surface area (Å²) in [6.45, 7) is 0. The van der Waals surface area contributed by atoms with E-state index < -0.39 is 11.6 Å². The molecule has 0 saturated carbocycles. The van der Waals surface area contributed by atoms with E-state index in [1.165, 1.54) is 18.2 Å². The van der Waals surface area contributed by atoms with Gasteiger partial charge in [-0.3, -0.25) is 0 Å². The van der Waals surface area contributed by atoms with Crippen LogP contribution in [0.25, 0.3) is 0 Å². The molecular weight excluding hydrogens is 143 g/mol. The lowest BCUT2D eigenvalue weighted by Gasteiger charge is -2.17. The third kappa shape index (κ3) is 1.13. The van der Waals surface area contributed by atoms with Gasteiger partial charge in [0, 0.05) is 0 Å². The average Bonchev–Trinajstić information content (AvgIpc) is 2.05. The van der Waals surface area contributed by atoms with Crippen molar-refractivity contribution in [3.8, 4) is 12.1 Å². The number of hydrogen-bond acceptors (Lipinski definition) is 2. The molecule has 0 aromatic rings. The van der Waals surface area contributed by atoms with Crippen LogP contribution in [0, 0.1) is 28.6 Å². The lowest BCUT2D eigenvalue weighted by molar-refractivity contribution is 0.268. The highest BCUT2D eigenvalue weighted by atomic mass is 19.1. The van der Waals surface area contributed by atoms with E-state index in [0.29, 0.717) is 0 Å². The number of nitriles is 2. The number of hydrogen-bond donors (Lipinski definition) is 0. The molecule has 0 fully saturated rings. The summed E-state index contributed by atoms with van der Waals surface area (Å²) < 4.78 is 13.2. The Morgan fingerprint density at radius 3 is 2.55 bits per heavy atom. The number of halogens is 1. The van der Waals surface area contributed by atoms with Crippen molar-refractivity contribution in [2.24, 2.45) is 5.92 Å². The Morgan fingerprint density at radius 2 is 2.09 bits per heavy atom. The van der Waals surface area contributed by atoms with Gasteiger partial charge in [0.15, 0.2) is 0 Å². The summed E-state index contributed by atoms with van der Waals surface area (Å²) in [4.78, 5) is 0. The van der Waals surface area contributed by atoms with Crippen LogP contribution in [-0.4, -0.2) is 5.67 Å². The highest BCUT2D eigenvalue weighted by Gasteiger charge is 2.36. The van der Waals surface area contributed by atoms with E-state index in [1.807, 2.05) is 0 Å². The molecule has 11 heavy (non-hydrogen) atoms. The first-order valence-corrected chi connectivity index (χ1v) is 3.09. The monoisotopic (exact) mass is 148 g/mol. The first kappa shape index (κ1) is 7.50. The van der Waals surface area contributed by atoms with Crippen molar-refractivity contribution >= 4 is 0 Å². The van der Waals surface area contributed by atoms with Gasteiger partial charge in [-0.25, -0.2) is 4.39 Å². The summed E-state index contributed by atoms with van der Waals surface area (Å²) in [5.74, 6) is -0.975. The van der Waals surface area contributed by atoms with Gasteiger partial charge in [0.25, 0.3) is 0 Å². The van der Waals surface area contributed by atoms with Crippen molar-refractivity contribution < 1.29 is 4.39 Å². The van der Waals surface area contributed by atoms with Crippen LogP contribution in [0.15, 0.2) is 24.3 Å². The van der Waals surface area contributed by atoms with Crippen molar-refractivity contribution in [3.63, 3.8) is 0 Å². The van der Waals surface area contributed by atoms with Crippen molar-refractivity contribution in [1.29, 1.82) is 10.5 Å². The van der Waals surface area contributed by atoms with Gasteiger partial charge in [-0.1, -0.05) is 18.2 Å². The van der Waals surface area contributed by atoms with Gasteiger partial charge in [0.2, 0.25) is 5.67 Å². The van der Waals surface area contributed by atoms with E-state index in [4.69, 9.17) is 10.5 Å². The van der Waals surface area contributed by atoms with Gasteiger partial charge in [-0.15, -0.1) is 0 Å². The van der Waals surface area contributed by atoms with Crippen molar-refractivity contribution in [3.05, 3.63) is 24.3 Å². The Hall–Kier alpha value is -1.61. The smallest absolute Gasteiger partial charge is 0.221 e. The highest BCUT2D eigenvalue weighted by molar-refractivity contribution is 5.33. The normalized spacial score (nSPS) is 34.3. The predicted molar refractivity (Wildman–Crippen MR) is 36.8 cm³/mol. The maximum atomic E-state index is 13.2. The fourth-order valence-corrected chi connectivity index (χ4v) is 0.858. The van der Waals surface area contributed by atoms with Gasteiger partial charge >= 0.3 is 0 Å². The third-order valence-electron chi connectivity index (χ3n) is 1.52. The largest absolute Gasteiger partial charge is 0.233 e. The molecule has 1 aliphatic carbocycles. The van der Waals surface area contributed by atoms with Crippen LogP contribution in [0.3, 0.4) is 0 Å². The Balaban J connectivity index is 3.00. The summed E-state index contributed by atoms with van der Waals surface area (Å²) in [5, 5.41) is 16.8. The molecule has 0 N–H and O–H groups in total. The minimum Gasteiger partial charge on any atom is -0.221 e. The van der Waals surface area contributed by atoms with Gasteiger partial charge < -0.3 is 0 Å². The molecule has 3 heteroatoms. The molecule has 0 bridgehead atoms. The van der Waals surface area contributed by atoms with Gasteiger partial charge in [-0.2, -0.15) is 10.5 Å². The number of nitrogens with zero attached hydrogens (tertiary/aromatic N) is 2. The molecule has 0 amide bonds. The second-order valence-electron chi connectivity index (χ2n) is 2.23. The topological polar surface area (TPSA) is 47.6 Å². The fraction of sp³-hybridized carbons (Fsp3) is 0.250. The van der Waals surface area contributed by atoms with Gasteiger partial charge in [0.05, 0.1) is 6.07 Å². The van der Waals surface area contributed by atoms with Crippen LogP contribution in [0.5, 0.6) is 0 Å². The molecule has 0 heterocycles. The van der Waals surface area contributed by atoms with Crippen molar-refractivity contribution in [1.82, 2.24) is 0 Å². The van der Waals surface area contributed by atoms with Crippen LogP contribution in [0.2, 0.25) is 0 Å². The van der Waals surface area contributed by atoms with E-state index >= 15 is 0 Å². The summed E-state index contributed by atoms with van der Waals surface area (Å²) in [6.07, 6.45) is 5.46. The van der Waals surface area contributed by atoms with E-state index in [2.05, 4.69) is 0 Å². The predicted octanol–water partition coefficient (Wildman–Crippen LogP) is 1.48. The molecule has 0 saturated heterocycles. The summed E-state index contributed by atoms with van der Waals surface area (Å²) in [5.41, 5.74) is -2.14. The minimum absolute atomic E-state index is 0.975. The third-order valence-corrected chi connectivity index (χ3v) is 1.52. The lowest BCUT2D eigenvalue weighted by Crippen LogP contribution is -2.28. The van der Waals surface area contributed by atoms with Crippen LogP contribution >= 0.6 is 0 Å². The Bertz CT molecular complexity index is 292. The lowest BCUT2D eigenvalue weighted by atomic mass is 9.88. The van der Waals surface area contributed by atoms with E-state index in [1.54, 1.807) is 12.1 Å². The van der Waals surface area contributed by atoms with Crippen molar-refractivity contribution in [2.75, 3.05) is 0 Å². The van der Waals surface area contributed by atoms with Crippen LogP contribution in [0.1, 0.15) is 0 Å². The second kappa shape index (κ2) is 2.56. The zero-order chi connectivity index (χ0) is 8.32. The van der Waals surface area contributed by atoms with E-state index in [-0.39, 0.29) is 0 Å². The van der Waals surface area contributed by atoms with E-state index in [0.717, 1.165) is 6.08 Å². The summed E-state index contributed by atoms with van der Waals surface area (Å²) in [7, 11) is 0. The molecule has 2 atom stereocenters.